The molecule has 1 saturated heterocycles. The van der Waals surface area contributed by atoms with E-state index in [0.717, 1.165) is 23.2 Å². The second kappa shape index (κ2) is 5.75. The Labute approximate surface area is 133 Å². The summed E-state index contributed by atoms with van der Waals surface area (Å²) in [7, 11) is -3.68. The molecule has 2 unspecified atom stereocenters. The van der Waals surface area contributed by atoms with E-state index in [0.29, 0.717) is 0 Å². The van der Waals surface area contributed by atoms with Gasteiger partial charge in [-0.05, 0) is 36.8 Å². The van der Waals surface area contributed by atoms with Crippen LogP contribution in [-0.4, -0.2) is 36.2 Å². The molecule has 1 heterocycles. The number of aliphatic hydroxyl groups is 1. The average Bonchev–Trinajstić information content (AvgIpc) is 3.15. The highest BCUT2D eigenvalue weighted by atomic mass is 32.2. The van der Waals surface area contributed by atoms with Crippen molar-refractivity contribution in [3.8, 4) is 0 Å². The Bertz CT molecular complexity index is 685. The number of sulfonamides is 1. The molecule has 2 fully saturated rings. The maximum Gasteiger partial charge on any atom is 0.416 e. The Kier molecular flexibility index (Phi) is 4.18. The Morgan fingerprint density at radius 1 is 1.22 bits per heavy atom. The van der Waals surface area contributed by atoms with Gasteiger partial charge in [0.1, 0.15) is 0 Å². The number of alkyl halides is 3. The third-order valence-corrected chi connectivity index (χ3v) is 6.37. The van der Waals surface area contributed by atoms with Crippen molar-refractivity contribution >= 4 is 10.0 Å². The lowest BCUT2D eigenvalue weighted by Crippen LogP contribution is -2.35. The summed E-state index contributed by atoms with van der Waals surface area (Å²) >= 11 is 0. The average molecular weight is 349 g/mol. The van der Waals surface area contributed by atoms with Crippen LogP contribution < -0.4 is 0 Å². The molecule has 4 nitrogen and oxygen atoms in total. The number of halogens is 3. The number of β-amino-alcohol motifs (C(OH)–C–C–N with tert-alkyl or cyclic N) is 1. The maximum atomic E-state index is 13.2. The smallest absolute Gasteiger partial charge is 0.392 e. The summed E-state index contributed by atoms with van der Waals surface area (Å²) in [6, 6.07) is 4.02. The Balaban J connectivity index is 1.97. The van der Waals surface area contributed by atoms with Gasteiger partial charge >= 0.3 is 6.18 Å². The van der Waals surface area contributed by atoms with Gasteiger partial charge in [0, 0.05) is 6.54 Å². The van der Waals surface area contributed by atoms with Crippen molar-refractivity contribution in [1.29, 1.82) is 0 Å². The van der Waals surface area contributed by atoms with Crippen molar-refractivity contribution in [3.05, 3.63) is 35.4 Å². The summed E-state index contributed by atoms with van der Waals surface area (Å²) in [6.45, 7) is -0.147. The summed E-state index contributed by atoms with van der Waals surface area (Å²) in [5.41, 5.74) is -0.929. The van der Waals surface area contributed by atoms with Gasteiger partial charge in [-0.15, -0.1) is 0 Å². The van der Waals surface area contributed by atoms with E-state index in [1.165, 1.54) is 18.2 Å². The summed E-state index contributed by atoms with van der Waals surface area (Å²) in [6.07, 6.45) is -3.86. The molecule has 1 aliphatic heterocycles. The predicted molar refractivity (Wildman–Crippen MR) is 78.0 cm³/mol. The van der Waals surface area contributed by atoms with Gasteiger partial charge < -0.3 is 5.11 Å². The van der Waals surface area contributed by atoms with Crippen molar-refractivity contribution in [2.45, 2.75) is 37.6 Å². The molecule has 128 valence electrons. The minimum atomic E-state index is -4.56. The van der Waals surface area contributed by atoms with Crippen molar-refractivity contribution in [2.24, 2.45) is 5.92 Å². The largest absolute Gasteiger partial charge is 0.416 e. The van der Waals surface area contributed by atoms with Gasteiger partial charge in [-0.1, -0.05) is 18.2 Å². The van der Waals surface area contributed by atoms with Crippen molar-refractivity contribution in [2.75, 3.05) is 12.3 Å². The summed E-state index contributed by atoms with van der Waals surface area (Å²) < 4.78 is 65.7. The predicted octanol–water partition coefficient (Wildman–Crippen LogP) is 2.55. The van der Waals surface area contributed by atoms with Crippen LogP contribution in [0.2, 0.25) is 0 Å². The van der Waals surface area contributed by atoms with Gasteiger partial charge in [-0.25, -0.2) is 8.42 Å². The van der Waals surface area contributed by atoms with Crippen LogP contribution in [0.15, 0.2) is 24.3 Å². The van der Waals surface area contributed by atoms with E-state index >= 15 is 0 Å². The molecule has 2 aliphatic rings. The van der Waals surface area contributed by atoms with Crippen LogP contribution in [0.25, 0.3) is 0 Å². The number of hydrogen-bond acceptors (Lipinski definition) is 3. The summed E-state index contributed by atoms with van der Waals surface area (Å²) in [5, 5.41) is 9.85. The quantitative estimate of drug-likeness (QED) is 0.909. The van der Waals surface area contributed by atoms with Crippen LogP contribution in [0.1, 0.15) is 36.4 Å². The molecule has 0 radical (unpaired) electrons. The third-order valence-electron chi connectivity index (χ3n) is 4.36. The fourth-order valence-corrected chi connectivity index (χ4v) is 5.21. The number of rotatable bonds is 4. The number of hydrogen-bond donors (Lipinski definition) is 1. The highest BCUT2D eigenvalue weighted by Gasteiger charge is 2.45. The minimum Gasteiger partial charge on any atom is -0.392 e. The first-order valence-electron chi connectivity index (χ1n) is 7.52. The van der Waals surface area contributed by atoms with Crippen molar-refractivity contribution < 1.29 is 26.7 Å². The van der Waals surface area contributed by atoms with Crippen LogP contribution in [0.5, 0.6) is 0 Å². The normalized spacial score (nSPS) is 26.6. The molecule has 1 N–H and O–H groups in total. The monoisotopic (exact) mass is 349 g/mol. The van der Waals surface area contributed by atoms with Gasteiger partial charge in [0.05, 0.1) is 23.5 Å². The lowest BCUT2D eigenvalue weighted by Gasteiger charge is -2.26. The molecule has 0 amide bonds. The first kappa shape index (κ1) is 16.7. The molecular formula is C15H18F3NO3S. The zero-order valence-electron chi connectivity index (χ0n) is 12.3. The highest BCUT2D eigenvalue weighted by molar-refractivity contribution is 7.89. The van der Waals surface area contributed by atoms with E-state index in [1.54, 1.807) is 0 Å². The Morgan fingerprint density at radius 2 is 1.87 bits per heavy atom. The molecule has 2 atom stereocenters. The molecule has 0 bridgehead atoms. The third kappa shape index (κ3) is 3.54. The SMILES string of the molecule is O=S(=O)(CC1CC1)N1CC(O)CC1c1ccccc1C(F)(F)F. The molecule has 0 aromatic heterocycles. The highest BCUT2D eigenvalue weighted by Crippen LogP contribution is 2.42. The molecule has 3 rings (SSSR count). The van der Waals surface area contributed by atoms with E-state index in [2.05, 4.69) is 0 Å². The Hall–Kier alpha value is -1.12. The Morgan fingerprint density at radius 3 is 2.48 bits per heavy atom. The zero-order chi connectivity index (χ0) is 16.8. The molecule has 1 saturated carbocycles. The van der Waals surface area contributed by atoms with Crippen LogP contribution >= 0.6 is 0 Å². The summed E-state index contributed by atoms with van der Waals surface area (Å²) in [5.74, 6) is 0.0426. The molecule has 1 aromatic carbocycles. The van der Waals surface area contributed by atoms with E-state index < -0.39 is 33.9 Å². The lowest BCUT2D eigenvalue weighted by molar-refractivity contribution is -0.138. The van der Waals surface area contributed by atoms with E-state index in [9.17, 15) is 26.7 Å². The second-order valence-corrected chi connectivity index (χ2v) is 8.25. The maximum absolute atomic E-state index is 13.2. The van der Waals surface area contributed by atoms with Crippen LogP contribution in [0.4, 0.5) is 13.2 Å². The molecule has 23 heavy (non-hydrogen) atoms. The first-order chi connectivity index (χ1) is 10.7. The minimum absolute atomic E-state index is 0.0169. The van der Waals surface area contributed by atoms with Gasteiger partial charge in [-0.2, -0.15) is 17.5 Å². The number of nitrogens with zero attached hydrogens (tertiary/aromatic N) is 1. The fraction of sp³-hybridized carbons (Fsp3) is 0.600. The van der Waals surface area contributed by atoms with Crippen molar-refractivity contribution in [3.63, 3.8) is 0 Å². The number of aliphatic hydroxyl groups excluding tert-OH is 1. The van der Waals surface area contributed by atoms with E-state index in [4.69, 9.17) is 0 Å². The van der Waals surface area contributed by atoms with Gasteiger partial charge in [-0.3, -0.25) is 0 Å². The molecule has 0 spiro atoms. The first-order valence-corrected chi connectivity index (χ1v) is 9.13. The fourth-order valence-electron chi connectivity index (χ4n) is 3.10. The van der Waals surface area contributed by atoms with Crippen LogP contribution in [-0.2, 0) is 16.2 Å². The standard InChI is InChI=1S/C15H18F3NO3S/c16-15(17,18)13-4-2-1-3-12(13)14-7-11(20)8-19(14)23(21,22)9-10-5-6-10/h1-4,10-11,14,20H,5-9H2. The van der Waals surface area contributed by atoms with Gasteiger partial charge in [0.25, 0.3) is 0 Å². The number of benzene rings is 1. The van der Waals surface area contributed by atoms with Crippen LogP contribution in [0.3, 0.4) is 0 Å². The van der Waals surface area contributed by atoms with E-state index in [-0.39, 0.29) is 30.2 Å². The lowest BCUT2D eigenvalue weighted by atomic mass is 9.98. The van der Waals surface area contributed by atoms with E-state index in [1.807, 2.05) is 0 Å². The van der Waals surface area contributed by atoms with Gasteiger partial charge in [0.15, 0.2) is 0 Å². The molecule has 8 heteroatoms. The second-order valence-electron chi connectivity index (χ2n) is 6.28. The molecule has 1 aliphatic carbocycles. The summed E-state index contributed by atoms with van der Waals surface area (Å²) in [4.78, 5) is 0. The van der Waals surface area contributed by atoms with Crippen LogP contribution in [0, 0.1) is 5.92 Å². The van der Waals surface area contributed by atoms with Crippen molar-refractivity contribution in [1.82, 2.24) is 4.31 Å². The topological polar surface area (TPSA) is 57.6 Å². The zero-order valence-corrected chi connectivity index (χ0v) is 13.1. The molecular weight excluding hydrogens is 331 g/mol. The van der Waals surface area contributed by atoms with Gasteiger partial charge in [0.2, 0.25) is 10.0 Å². The molecule has 1 aromatic rings.